The molecule has 0 aliphatic rings. The first-order valence-corrected chi connectivity index (χ1v) is 8.95. The van der Waals surface area contributed by atoms with Gasteiger partial charge in [0, 0.05) is 18.8 Å². The summed E-state index contributed by atoms with van der Waals surface area (Å²) in [6.07, 6.45) is 0. The van der Waals surface area contributed by atoms with Gasteiger partial charge >= 0.3 is 5.97 Å². The third-order valence-electron chi connectivity index (χ3n) is 4.12. The molecule has 0 spiro atoms. The summed E-state index contributed by atoms with van der Waals surface area (Å²) < 4.78 is 20.5. The Hall–Kier alpha value is -3.75. The summed E-state index contributed by atoms with van der Waals surface area (Å²) in [5, 5.41) is 2.67. The van der Waals surface area contributed by atoms with Gasteiger partial charge in [-0.25, -0.2) is 4.79 Å². The molecule has 0 aliphatic heterocycles. The fourth-order valence-corrected chi connectivity index (χ4v) is 2.57. The first-order valence-electron chi connectivity index (χ1n) is 8.95. The summed E-state index contributed by atoms with van der Waals surface area (Å²) in [6, 6.07) is 11.7. The second-order valence-corrected chi connectivity index (χ2v) is 6.14. The van der Waals surface area contributed by atoms with Crippen LogP contribution in [0.1, 0.15) is 10.4 Å². The lowest BCUT2D eigenvalue weighted by Gasteiger charge is -2.17. The molecule has 0 saturated carbocycles. The lowest BCUT2D eigenvalue weighted by atomic mass is 10.2. The molecule has 0 aromatic heterocycles. The van der Waals surface area contributed by atoms with Crippen LogP contribution in [-0.2, 0) is 14.3 Å². The van der Waals surface area contributed by atoms with Gasteiger partial charge in [-0.3, -0.25) is 9.59 Å². The average Bonchev–Trinajstić information content (AvgIpc) is 2.76. The number of carbonyl (C=O) groups is 3. The van der Waals surface area contributed by atoms with Crippen molar-refractivity contribution < 1.29 is 33.3 Å². The van der Waals surface area contributed by atoms with Crippen LogP contribution >= 0.6 is 0 Å². The number of methoxy groups -OCH3 is 3. The van der Waals surface area contributed by atoms with Crippen LogP contribution < -0.4 is 19.5 Å². The first-order chi connectivity index (χ1) is 14.4. The fraction of sp³-hybridized carbons (Fsp3) is 0.286. The van der Waals surface area contributed by atoms with Gasteiger partial charge in [0.25, 0.3) is 5.91 Å². The van der Waals surface area contributed by atoms with Crippen LogP contribution in [0.5, 0.6) is 17.2 Å². The van der Waals surface area contributed by atoms with E-state index in [2.05, 4.69) is 5.32 Å². The number of esters is 1. The van der Waals surface area contributed by atoms with Crippen molar-refractivity contribution in [1.82, 2.24) is 4.90 Å². The predicted octanol–water partition coefficient (Wildman–Crippen LogP) is 1.97. The van der Waals surface area contributed by atoms with E-state index < -0.39 is 24.4 Å². The number of benzene rings is 2. The van der Waals surface area contributed by atoms with Crippen LogP contribution in [0.2, 0.25) is 0 Å². The molecule has 160 valence electrons. The zero-order chi connectivity index (χ0) is 22.1. The molecular formula is C21H24N2O7. The number of hydrogen-bond donors (Lipinski definition) is 1. The third kappa shape index (κ3) is 5.87. The van der Waals surface area contributed by atoms with E-state index in [1.807, 2.05) is 0 Å². The van der Waals surface area contributed by atoms with E-state index in [0.717, 1.165) is 4.90 Å². The van der Waals surface area contributed by atoms with Crippen molar-refractivity contribution in [2.45, 2.75) is 0 Å². The normalized spacial score (nSPS) is 10.0. The first kappa shape index (κ1) is 22.5. The number of anilines is 1. The summed E-state index contributed by atoms with van der Waals surface area (Å²) in [7, 11) is 5.77. The minimum absolute atomic E-state index is 0.0775. The van der Waals surface area contributed by atoms with E-state index in [0.29, 0.717) is 11.4 Å². The van der Waals surface area contributed by atoms with E-state index in [9.17, 15) is 14.4 Å². The maximum Gasteiger partial charge on any atom is 0.346 e. The van der Waals surface area contributed by atoms with Crippen LogP contribution in [-0.4, -0.2) is 64.2 Å². The number of likely N-dealkylation sites (N-methyl/N-ethyl adjacent to an activating group) is 1. The molecule has 2 rings (SSSR count). The van der Waals surface area contributed by atoms with Crippen molar-refractivity contribution in [3.05, 3.63) is 48.0 Å². The summed E-state index contributed by atoms with van der Waals surface area (Å²) in [4.78, 5) is 38.0. The second-order valence-electron chi connectivity index (χ2n) is 6.14. The monoisotopic (exact) mass is 416 g/mol. The number of rotatable bonds is 9. The summed E-state index contributed by atoms with van der Waals surface area (Å²) in [5.74, 6) is -0.603. The smallest absolute Gasteiger partial charge is 0.346 e. The van der Waals surface area contributed by atoms with Crippen LogP contribution in [0, 0.1) is 0 Å². The third-order valence-corrected chi connectivity index (χ3v) is 4.12. The minimum Gasteiger partial charge on any atom is -0.497 e. The summed E-state index contributed by atoms with van der Waals surface area (Å²) in [5.41, 5.74) is 0.614. The average molecular weight is 416 g/mol. The van der Waals surface area contributed by atoms with E-state index in [4.69, 9.17) is 18.9 Å². The molecule has 0 saturated heterocycles. The van der Waals surface area contributed by atoms with Crippen molar-refractivity contribution in [2.75, 3.05) is 46.8 Å². The van der Waals surface area contributed by atoms with Gasteiger partial charge < -0.3 is 29.2 Å². The Kier molecular flexibility index (Phi) is 8.04. The van der Waals surface area contributed by atoms with Gasteiger partial charge in [0.05, 0.1) is 27.9 Å². The Labute approximate surface area is 174 Å². The molecule has 0 bridgehead atoms. The maximum atomic E-state index is 12.4. The Bertz CT molecular complexity index is 892. The summed E-state index contributed by atoms with van der Waals surface area (Å²) >= 11 is 0. The van der Waals surface area contributed by atoms with Crippen molar-refractivity contribution in [2.24, 2.45) is 0 Å². The van der Waals surface area contributed by atoms with Gasteiger partial charge in [-0.1, -0.05) is 12.1 Å². The number of nitrogens with zero attached hydrogens (tertiary/aromatic N) is 1. The second kappa shape index (κ2) is 10.7. The van der Waals surface area contributed by atoms with Gasteiger partial charge in [-0.15, -0.1) is 0 Å². The van der Waals surface area contributed by atoms with Crippen LogP contribution in [0.4, 0.5) is 5.69 Å². The van der Waals surface area contributed by atoms with Gasteiger partial charge in [-0.05, 0) is 24.3 Å². The highest BCUT2D eigenvalue weighted by molar-refractivity contribution is 5.98. The molecule has 0 radical (unpaired) electrons. The number of ether oxygens (including phenoxy) is 4. The highest BCUT2D eigenvalue weighted by Crippen LogP contribution is 2.28. The quantitative estimate of drug-likeness (QED) is 0.623. The Morgan fingerprint density at radius 2 is 1.57 bits per heavy atom. The largest absolute Gasteiger partial charge is 0.497 e. The van der Waals surface area contributed by atoms with Gasteiger partial charge in [0.15, 0.2) is 6.61 Å². The minimum atomic E-state index is -0.771. The van der Waals surface area contributed by atoms with Crippen LogP contribution in [0.3, 0.4) is 0 Å². The van der Waals surface area contributed by atoms with Crippen molar-refractivity contribution in [1.29, 1.82) is 0 Å². The molecule has 2 aromatic rings. The van der Waals surface area contributed by atoms with E-state index in [-0.39, 0.29) is 23.6 Å². The van der Waals surface area contributed by atoms with E-state index in [1.54, 1.807) is 42.5 Å². The van der Waals surface area contributed by atoms with Gasteiger partial charge in [0.2, 0.25) is 5.91 Å². The van der Waals surface area contributed by atoms with Gasteiger partial charge in [-0.2, -0.15) is 0 Å². The van der Waals surface area contributed by atoms with E-state index in [1.165, 1.54) is 28.4 Å². The number of amides is 2. The van der Waals surface area contributed by atoms with Crippen LogP contribution in [0.15, 0.2) is 42.5 Å². The maximum absolute atomic E-state index is 12.4. The van der Waals surface area contributed by atoms with Gasteiger partial charge in [0.1, 0.15) is 22.8 Å². The molecule has 0 atom stereocenters. The van der Waals surface area contributed by atoms with Crippen molar-refractivity contribution >= 4 is 23.5 Å². The highest BCUT2D eigenvalue weighted by Gasteiger charge is 2.22. The molecule has 0 unspecified atom stereocenters. The Balaban J connectivity index is 1.91. The molecular weight excluding hydrogens is 392 g/mol. The molecule has 0 aliphatic carbocycles. The zero-order valence-electron chi connectivity index (χ0n) is 17.3. The lowest BCUT2D eigenvalue weighted by Crippen LogP contribution is -2.37. The predicted molar refractivity (Wildman–Crippen MR) is 109 cm³/mol. The SMILES string of the molecule is COc1cccc(NC(=O)CN(C)C(=O)COC(=O)c2c(OC)cccc2OC)c1. The molecule has 2 aromatic carbocycles. The molecule has 9 heteroatoms. The number of carbonyl (C=O) groups excluding carboxylic acids is 3. The van der Waals surface area contributed by atoms with Crippen molar-refractivity contribution in [3.63, 3.8) is 0 Å². The fourth-order valence-electron chi connectivity index (χ4n) is 2.57. The highest BCUT2D eigenvalue weighted by atomic mass is 16.5. The Morgan fingerprint density at radius 1 is 0.933 bits per heavy atom. The lowest BCUT2D eigenvalue weighted by molar-refractivity contribution is -0.136. The molecule has 2 amide bonds. The molecule has 0 heterocycles. The Morgan fingerprint density at radius 3 is 2.17 bits per heavy atom. The summed E-state index contributed by atoms with van der Waals surface area (Å²) in [6.45, 7) is -0.755. The standard InChI is InChI=1S/C21H24N2O7/c1-23(12-18(24)22-14-7-5-8-15(11-14)27-2)19(25)13-30-21(26)20-16(28-3)9-6-10-17(20)29-4/h5-11H,12-13H2,1-4H3,(H,22,24). The van der Waals surface area contributed by atoms with Crippen LogP contribution in [0.25, 0.3) is 0 Å². The number of hydrogen-bond acceptors (Lipinski definition) is 7. The van der Waals surface area contributed by atoms with E-state index >= 15 is 0 Å². The number of nitrogens with one attached hydrogen (secondary N) is 1. The topological polar surface area (TPSA) is 103 Å². The molecule has 30 heavy (non-hydrogen) atoms. The molecule has 9 nitrogen and oxygen atoms in total. The molecule has 0 fully saturated rings. The van der Waals surface area contributed by atoms with Crippen molar-refractivity contribution in [3.8, 4) is 17.2 Å². The zero-order valence-corrected chi connectivity index (χ0v) is 17.3. The molecule has 1 N–H and O–H groups in total.